The van der Waals surface area contributed by atoms with Crippen molar-refractivity contribution in [3.05, 3.63) is 42.1 Å². The largest absolute Gasteiger partial charge is 0.383 e. The first-order chi connectivity index (χ1) is 10.5. The highest BCUT2D eigenvalue weighted by molar-refractivity contribution is 8.00. The average molecular weight is 313 g/mol. The van der Waals surface area contributed by atoms with Gasteiger partial charge in [0.25, 0.3) is 0 Å². The Balaban J connectivity index is 1.85. The molecule has 5 N–H and O–H groups in total. The highest BCUT2D eigenvalue weighted by Crippen LogP contribution is 2.27. The van der Waals surface area contributed by atoms with Crippen molar-refractivity contribution >= 4 is 40.1 Å². The maximum absolute atomic E-state index is 12.6. The number of carbonyl (C=O) groups excluding carboxylic acids is 1. The van der Waals surface area contributed by atoms with E-state index in [4.69, 9.17) is 11.5 Å². The van der Waals surface area contributed by atoms with Crippen LogP contribution in [0.25, 0.3) is 10.9 Å². The number of para-hydroxylation sites is 1. The highest BCUT2D eigenvalue weighted by Gasteiger charge is 2.21. The van der Waals surface area contributed by atoms with Crippen LogP contribution < -0.4 is 11.5 Å². The number of nitrogen functional groups attached to an aromatic ring is 2. The molecule has 0 aliphatic carbocycles. The molecule has 2 heterocycles. The van der Waals surface area contributed by atoms with Gasteiger partial charge in [0.1, 0.15) is 11.6 Å². The Kier molecular flexibility index (Phi) is 3.72. The van der Waals surface area contributed by atoms with Crippen LogP contribution in [0.2, 0.25) is 0 Å². The summed E-state index contributed by atoms with van der Waals surface area (Å²) in [7, 11) is 0. The molecule has 3 aromatic rings. The van der Waals surface area contributed by atoms with Gasteiger partial charge in [-0.1, -0.05) is 30.0 Å². The standard InChI is InChI=1S/C15H15N5OS/c1-8(22-15-19-12(16)6-13(17)20-15)14(21)10-7-18-11-5-3-2-4-9(10)11/h2-8,18H,1H3,(H4,16,17,19,20). The maximum atomic E-state index is 12.6. The van der Waals surface area contributed by atoms with Gasteiger partial charge in [0.2, 0.25) is 0 Å². The number of anilines is 2. The molecule has 1 atom stereocenters. The first-order valence-corrected chi connectivity index (χ1v) is 7.59. The number of Topliss-reactive ketones (excluding diaryl/α,β-unsaturated/α-hetero) is 1. The zero-order chi connectivity index (χ0) is 15.7. The molecule has 0 saturated carbocycles. The zero-order valence-corrected chi connectivity index (χ0v) is 12.7. The second kappa shape index (κ2) is 5.69. The summed E-state index contributed by atoms with van der Waals surface area (Å²) >= 11 is 1.24. The van der Waals surface area contributed by atoms with Crippen LogP contribution in [0.3, 0.4) is 0 Å². The lowest BCUT2D eigenvalue weighted by atomic mass is 10.1. The Labute approximate surface area is 131 Å². The fourth-order valence-corrected chi connectivity index (χ4v) is 3.09. The lowest BCUT2D eigenvalue weighted by Gasteiger charge is -2.09. The topological polar surface area (TPSA) is 111 Å². The smallest absolute Gasteiger partial charge is 0.192 e. The Bertz CT molecular complexity index is 825. The summed E-state index contributed by atoms with van der Waals surface area (Å²) < 4.78 is 0. The molecular formula is C15H15N5OS. The molecule has 0 spiro atoms. The van der Waals surface area contributed by atoms with Crippen molar-refractivity contribution in [3.63, 3.8) is 0 Å². The molecule has 22 heavy (non-hydrogen) atoms. The van der Waals surface area contributed by atoms with E-state index in [1.165, 1.54) is 17.8 Å². The minimum atomic E-state index is -0.347. The molecule has 0 aliphatic heterocycles. The Morgan fingerprint density at radius 3 is 2.64 bits per heavy atom. The van der Waals surface area contributed by atoms with Crippen molar-refractivity contribution in [3.8, 4) is 0 Å². The van der Waals surface area contributed by atoms with Gasteiger partial charge in [0.05, 0.1) is 5.25 Å². The summed E-state index contributed by atoms with van der Waals surface area (Å²) in [5.74, 6) is 0.593. The first kappa shape index (κ1) is 14.4. The number of thioether (sulfide) groups is 1. The minimum absolute atomic E-state index is 0.00652. The van der Waals surface area contributed by atoms with Crippen molar-refractivity contribution < 1.29 is 4.79 Å². The van der Waals surface area contributed by atoms with Crippen LogP contribution in [0.4, 0.5) is 11.6 Å². The molecule has 0 fully saturated rings. The van der Waals surface area contributed by atoms with E-state index in [9.17, 15) is 4.79 Å². The van der Waals surface area contributed by atoms with Gasteiger partial charge < -0.3 is 16.5 Å². The number of nitrogens with zero attached hydrogens (tertiary/aromatic N) is 2. The normalized spacial score (nSPS) is 12.4. The second-order valence-electron chi connectivity index (χ2n) is 4.87. The third kappa shape index (κ3) is 2.75. The van der Waals surface area contributed by atoms with Crippen LogP contribution in [0.15, 0.2) is 41.7 Å². The van der Waals surface area contributed by atoms with Crippen LogP contribution in [-0.4, -0.2) is 26.0 Å². The number of nitrogens with one attached hydrogen (secondary N) is 1. The van der Waals surface area contributed by atoms with Crippen molar-refractivity contribution in [1.29, 1.82) is 0 Å². The Morgan fingerprint density at radius 1 is 1.23 bits per heavy atom. The number of nitrogens with two attached hydrogens (primary N) is 2. The van der Waals surface area contributed by atoms with Crippen LogP contribution >= 0.6 is 11.8 Å². The molecule has 3 rings (SSSR count). The van der Waals surface area contributed by atoms with Crippen molar-refractivity contribution in [2.45, 2.75) is 17.3 Å². The number of hydrogen-bond donors (Lipinski definition) is 3. The number of ketones is 1. The average Bonchev–Trinajstić information content (AvgIpc) is 2.89. The summed E-state index contributed by atoms with van der Waals surface area (Å²) in [4.78, 5) is 23.9. The van der Waals surface area contributed by atoms with E-state index in [0.717, 1.165) is 10.9 Å². The molecule has 2 aromatic heterocycles. The van der Waals surface area contributed by atoms with Gasteiger partial charge in [-0.25, -0.2) is 9.97 Å². The van der Waals surface area contributed by atoms with E-state index in [1.54, 1.807) is 6.20 Å². The van der Waals surface area contributed by atoms with Gasteiger partial charge in [0.15, 0.2) is 10.9 Å². The fourth-order valence-electron chi connectivity index (χ4n) is 2.22. The molecule has 0 aliphatic rings. The molecule has 7 heteroatoms. The fraction of sp³-hybridized carbons (Fsp3) is 0.133. The number of H-pyrrole nitrogens is 1. The molecule has 0 radical (unpaired) electrons. The number of aromatic amines is 1. The van der Waals surface area contributed by atoms with E-state index in [1.807, 2.05) is 31.2 Å². The third-order valence-corrected chi connectivity index (χ3v) is 4.21. The van der Waals surface area contributed by atoms with Gasteiger partial charge in [-0.2, -0.15) is 0 Å². The predicted molar refractivity (Wildman–Crippen MR) is 88.8 cm³/mol. The van der Waals surface area contributed by atoms with Gasteiger partial charge in [-0.05, 0) is 13.0 Å². The number of rotatable bonds is 4. The minimum Gasteiger partial charge on any atom is -0.383 e. The first-order valence-electron chi connectivity index (χ1n) is 6.71. The number of benzene rings is 1. The molecule has 112 valence electrons. The van der Waals surface area contributed by atoms with Gasteiger partial charge in [0, 0.05) is 28.7 Å². The van der Waals surface area contributed by atoms with Crippen LogP contribution in [0.5, 0.6) is 0 Å². The van der Waals surface area contributed by atoms with Gasteiger partial charge in [-0.3, -0.25) is 4.79 Å². The number of fused-ring (bicyclic) bond motifs is 1. The number of carbonyl (C=O) groups is 1. The molecule has 0 saturated heterocycles. The molecule has 0 amide bonds. The Morgan fingerprint density at radius 2 is 1.91 bits per heavy atom. The van der Waals surface area contributed by atoms with E-state index in [-0.39, 0.29) is 11.0 Å². The maximum Gasteiger partial charge on any atom is 0.192 e. The molecule has 1 unspecified atom stereocenters. The molecule has 6 nitrogen and oxygen atoms in total. The molecule has 0 bridgehead atoms. The molecular weight excluding hydrogens is 298 g/mol. The lowest BCUT2D eigenvalue weighted by molar-refractivity contribution is 0.0995. The van der Waals surface area contributed by atoms with Crippen molar-refractivity contribution in [2.75, 3.05) is 11.5 Å². The summed E-state index contributed by atoms with van der Waals surface area (Å²) in [5.41, 5.74) is 12.9. The van der Waals surface area contributed by atoms with E-state index in [2.05, 4.69) is 15.0 Å². The summed E-state index contributed by atoms with van der Waals surface area (Å²) in [6.45, 7) is 1.82. The van der Waals surface area contributed by atoms with Crippen LogP contribution in [0, 0.1) is 0 Å². The monoisotopic (exact) mass is 313 g/mol. The third-order valence-electron chi connectivity index (χ3n) is 3.25. The van der Waals surface area contributed by atoms with Crippen LogP contribution in [0.1, 0.15) is 17.3 Å². The SMILES string of the molecule is CC(Sc1nc(N)cc(N)n1)C(=O)c1c[nH]c2ccccc12. The number of aromatic nitrogens is 3. The summed E-state index contributed by atoms with van der Waals surface area (Å²) in [5, 5.41) is 0.964. The van der Waals surface area contributed by atoms with Crippen molar-refractivity contribution in [2.24, 2.45) is 0 Å². The van der Waals surface area contributed by atoms with Gasteiger partial charge >= 0.3 is 0 Å². The molecule has 1 aromatic carbocycles. The summed E-state index contributed by atoms with van der Waals surface area (Å²) in [6, 6.07) is 9.17. The Hall–Kier alpha value is -2.54. The van der Waals surface area contributed by atoms with Crippen LogP contribution in [-0.2, 0) is 0 Å². The number of hydrogen-bond acceptors (Lipinski definition) is 6. The van der Waals surface area contributed by atoms with E-state index in [0.29, 0.717) is 22.4 Å². The second-order valence-corrected chi connectivity index (χ2v) is 6.18. The van der Waals surface area contributed by atoms with Crippen molar-refractivity contribution in [1.82, 2.24) is 15.0 Å². The quantitative estimate of drug-likeness (QED) is 0.388. The van der Waals surface area contributed by atoms with Gasteiger partial charge in [-0.15, -0.1) is 0 Å². The highest BCUT2D eigenvalue weighted by atomic mass is 32.2. The van der Waals surface area contributed by atoms with E-state index < -0.39 is 0 Å². The van der Waals surface area contributed by atoms with E-state index >= 15 is 0 Å². The lowest BCUT2D eigenvalue weighted by Crippen LogP contribution is -2.14. The summed E-state index contributed by atoms with van der Waals surface area (Å²) in [6.07, 6.45) is 1.73. The predicted octanol–water partition coefficient (Wildman–Crippen LogP) is 2.49. The zero-order valence-electron chi connectivity index (χ0n) is 11.9.